The highest BCUT2D eigenvalue weighted by Crippen LogP contribution is 2.25. The largest absolute Gasteiger partial charge is 0.481 e. The van der Waals surface area contributed by atoms with Crippen LogP contribution in [-0.4, -0.2) is 49.2 Å². The van der Waals surface area contributed by atoms with Gasteiger partial charge in [-0.3, -0.25) is 9.59 Å². The Morgan fingerprint density at radius 1 is 1.47 bits per heavy atom. The molecule has 1 saturated heterocycles. The van der Waals surface area contributed by atoms with E-state index in [9.17, 15) is 9.59 Å². The Morgan fingerprint density at radius 2 is 2.21 bits per heavy atom. The number of likely N-dealkylation sites (tertiary alicyclic amines) is 1. The molecule has 2 heterocycles. The molecule has 0 saturated carbocycles. The summed E-state index contributed by atoms with van der Waals surface area (Å²) in [4.78, 5) is 28.9. The third-order valence-corrected chi connectivity index (χ3v) is 3.70. The number of piperidine rings is 1. The molecule has 2 rings (SSSR count). The van der Waals surface area contributed by atoms with Crippen LogP contribution in [0.1, 0.15) is 32.7 Å². The highest BCUT2D eigenvalue weighted by atomic mass is 16.4. The second kappa shape index (κ2) is 5.38. The van der Waals surface area contributed by atoms with Gasteiger partial charge in [-0.2, -0.15) is 5.10 Å². The molecule has 1 unspecified atom stereocenters. The second-order valence-electron chi connectivity index (χ2n) is 4.99. The molecule has 0 spiro atoms. The number of aromatic nitrogens is 3. The lowest BCUT2D eigenvalue weighted by atomic mass is 9.91. The highest BCUT2D eigenvalue weighted by molar-refractivity contribution is 5.80. The zero-order valence-corrected chi connectivity index (χ0v) is 11.1. The van der Waals surface area contributed by atoms with E-state index >= 15 is 0 Å². The second-order valence-corrected chi connectivity index (χ2v) is 4.99. The van der Waals surface area contributed by atoms with Crippen LogP contribution in [0.3, 0.4) is 0 Å². The molecule has 104 valence electrons. The fraction of sp³-hybridized carbons (Fsp3) is 0.667. The van der Waals surface area contributed by atoms with Gasteiger partial charge in [-0.05, 0) is 26.7 Å². The van der Waals surface area contributed by atoms with Crippen molar-refractivity contribution in [2.45, 2.75) is 38.8 Å². The molecular formula is C12H18N4O3. The maximum absolute atomic E-state index is 12.4. The lowest BCUT2D eigenvalue weighted by Crippen LogP contribution is -2.48. The predicted octanol–water partition coefficient (Wildman–Crippen LogP) is 0.551. The Morgan fingerprint density at radius 3 is 2.74 bits per heavy atom. The molecule has 1 fully saturated rings. The van der Waals surface area contributed by atoms with Crippen molar-refractivity contribution in [1.82, 2.24) is 19.7 Å². The standard InChI is InChI=1S/C12H18N4O3/c1-8-5-10(12(18)19)3-4-15(8)11(17)9(2)16-7-13-6-14-16/h6-10H,3-5H2,1-2H3,(H,18,19)/t8-,9?,10-/m0/s1. The van der Waals surface area contributed by atoms with Crippen molar-refractivity contribution in [1.29, 1.82) is 0 Å². The summed E-state index contributed by atoms with van der Waals surface area (Å²) in [5, 5.41) is 13.0. The van der Waals surface area contributed by atoms with Gasteiger partial charge in [-0.1, -0.05) is 0 Å². The normalized spacial score (nSPS) is 25.1. The zero-order valence-electron chi connectivity index (χ0n) is 11.1. The number of rotatable bonds is 3. The smallest absolute Gasteiger partial charge is 0.306 e. The minimum atomic E-state index is -0.775. The summed E-state index contributed by atoms with van der Waals surface area (Å²) in [6.45, 7) is 4.14. The quantitative estimate of drug-likeness (QED) is 0.863. The number of nitrogens with zero attached hydrogens (tertiary/aromatic N) is 4. The number of carboxylic acid groups (broad SMARTS) is 1. The first-order valence-electron chi connectivity index (χ1n) is 6.38. The lowest BCUT2D eigenvalue weighted by molar-refractivity contribution is -0.148. The van der Waals surface area contributed by atoms with Crippen LogP contribution in [0.2, 0.25) is 0 Å². The summed E-state index contributed by atoms with van der Waals surface area (Å²) < 4.78 is 1.51. The van der Waals surface area contributed by atoms with Gasteiger partial charge in [0.2, 0.25) is 5.91 Å². The third-order valence-electron chi connectivity index (χ3n) is 3.70. The Balaban J connectivity index is 2.03. The number of carbonyl (C=O) groups is 2. The Bertz CT molecular complexity index is 460. The Hall–Kier alpha value is -1.92. The maximum atomic E-state index is 12.4. The summed E-state index contributed by atoms with van der Waals surface area (Å²) in [7, 11) is 0. The van der Waals surface area contributed by atoms with E-state index in [4.69, 9.17) is 5.11 Å². The fourth-order valence-electron chi connectivity index (χ4n) is 2.49. The first kappa shape index (κ1) is 13.5. The van der Waals surface area contributed by atoms with Crippen molar-refractivity contribution < 1.29 is 14.7 Å². The molecule has 1 N–H and O–H groups in total. The van der Waals surface area contributed by atoms with E-state index in [0.29, 0.717) is 19.4 Å². The van der Waals surface area contributed by atoms with Gasteiger partial charge in [0.05, 0.1) is 5.92 Å². The molecule has 3 atom stereocenters. The van der Waals surface area contributed by atoms with E-state index in [1.54, 1.807) is 11.8 Å². The number of aliphatic carboxylic acids is 1. The van der Waals surface area contributed by atoms with E-state index in [1.165, 1.54) is 17.3 Å². The van der Waals surface area contributed by atoms with Gasteiger partial charge >= 0.3 is 5.97 Å². The maximum Gasteiger partial charge on any atom is 0.306 e. The van der Waals surface area contributed by atoms with Gasteiger partial charge in [-0.15, -0.1) is 0 Å². The topological polar surface area (TPSA) is 88.3 Å². The molecule has 1 aromatic rings. The number of hydrogen-bond donors (Lipinski definition) is 1. The summed E-state index contributed by atoms with van der Waals surface area (Å²) in [5.74, 6) is -1.16. The molecular weight excluding hydrogens is 248 g/mol. The monoisotopic (exact) mass is 266 g/mol. The molecule has 7 nitrogen and oxygen atoms in total. The number of hydrogen-bond acceptors (Lipinski definition) is 4. The van der Waals surface area contributed by atoms with Gasteiger partial charge in [0.1, 0.15) is 18.7 Å². The first-order chi connectivity index (χ1) is 9.00. The molecule has 1 aromatic heterocycles. The van der Waals surface area contributed by atoms with Crippen molar-refractivity contribution in [2.75, 3.05) is 6.54 Å². The molecule has 19 heavy (non-hydrogen) atoms. The highest BCUT2D eigenvalue weighted by Gasteiger charge is 2.34. The summed E-state index contributed by atoms with van der Waals surface area (Å²) in [6.07, 6.45) is 3.92. The van der Waals surface area contributed by atoms with Crippen molar-refractivity contribution >= 4 is 11.9 Å². The molecule has 7 heteroatoms. The van der Waals surface area contributed by atoms with E-state index in [1.807, 2.05) is 6.92 Å². The number of carboxylic acids is 1. The predicted molar refractivity (Wildman–Crippen MR) is 66.3 cm³/mol. The van der Waals surface area contributed by atoms with E-state index in [2.05, 4.69) is 10.1 Å². The molecule has 1 aliphatic heterocycles. The Kier molecular flexibility index (Phi) is 3.82. The van der Waals surface area contributed by atoms with Gasteiger partial charge in [0.25, 0.3) is 0 Å². The molecule has 0 aromatic carbocycles. The van der Waals surface area contributed by atoms with Gasteiger partial charge in [0.15, 0.2) is 0 Å². The van der Waals surface area contributed by atoms with Crippen molar-refractivity contribution in [3.63, 3.8) is 0 Å². The minimum absolute atomic E-state index is 0.0400. The number of carbonyl (C=O) groups excluding carboxylic acids is 1. The summed E-state index contributed by atoms with van der Waals surface area (Å²) in [5.41, 5.74) is 0. The van der Waals surface area contributed by atoms with Crippen molar-refractivity contribution in [3.05, 3.63) is 12.7 Å². The summed E-state index contributed by atoms with van der Waals surface area (Å²) in [6, 6.07) is -0.473. The van der Waals surface area contributed by atoms with Crippen LogP contribution in [0.15, 0.2) is 12.7 Å². The van der Waals surface area contributed by atoms with Crippen LogP contribution >= 0.6 is 0 Å². The lowest BCUT2D eigenvalue weighted by Gasteiger charge is -2.37. The van der Waals surface area contributed by atoms with Crippen LogP contribution in [0, 0.1) is 5.92 Å². The summed E-state index contributed by atoms with van der Waals surface area (Å²) >= 11 is 0. The van der Waals surface area contributed by atoms with Crippen LogP contribution in [-0.2, 0) is 9.59 Å². The van der Waals surface area contributed by atoms with Crippen LogP contribution in [0.4, 0.5) is 0 Å². The van der Waals surface area contributed by atoms with Crippen LogP contribution in [0.25, 0.3) is 0 Å². The molecule has 1 amide bonds. The third kappa shape index (κ3) is 2.74. The first-order valence-corrected chi connectivity index (χ1v) is 6.38. The van der Waals surface area contributed by atoms with Gasteiger partial charge in [0, 0.05) is 12.6 Å². The van der Waals surface area contributed by atoms with Crippen molar-refractivity contribution in [2.24, 2.45) is 5.92 Å². The van der Waals surface area contributed by atoms with Gasteiger partial charge in [-0.25, -0.2) is 9.67 Å². The minimum Gasteiger partial charge on any atom is -0.481 e. The average molecular weight is 266 g/mol. The van der Waals surface area contributed by atoms with E-state index in [-0.39, 0.29) is 17.9 Å². The SMILES string of the molecule is CC(C(=O)N1CC[C@H](C(=O)O)C[C@@H]1C)n1cncn1. The average Bonchev–Trinajstić information content (AvgIpc) is 2.90. The molecule has 0 bridgehead atoms. The van der Waals surface area contributed by atoms with Crippen LogP contribution < -0.4 is 0 Å². The van der Waals surface area contributed by atoms with Crippen LogP contribution in [0.5, 0.6) is 0 Å². The number of amides is 1. The Labute approximate surface area is 111 Å². The van der Waals surface area contributed by atoms with Crippen molar-refractivity contribution in [3.8, 4) is 0 Å². The molecule has 0 aliphatic carbocycles. The van der Waals surface area contributed by atoms with E-state index < -0.39 is 12.0 Å². The fourth-order valence-corrected chi connectivity index (χ4v) is 2.49. The van der Waals surface area contributed by atoms with E-state index in [0.717, 1.165) is 0 Å². The molecule has 1 aliphatic rings. The van der Waals surface area contributed by atoms with Gasteiger partial charge < -0.3 is 10.0 Å². The molecule has 0 radical (unpaired) electrons. The zero-order chi connectivity index (χ0) is 14.0.